The van der Waals surface area contributed by atoms with E-state index >= 15 is 0 Å². The lowest BCUT2D eigenvalue weighted by Crippen LogP contribution is -2.70. The number of allylic oxidation sites excluding steroid dienone is 2. The Morgan fingerprint density at radius 3 is 1.78 bits per heavy atom. The van der Waals surface area contributed by atoms with E-state index in [0.29, 0.717) is 51.4 Å². The van der Waals surface area contributed by atoms with E-state index in [0.717, 1.165) is 5.57 Å². The van der Waals surface area contributed by atoms with Crippen LogP contribution >= 0.6 is 0 Å². The number of esters is 2. The predicted octanol–water partition coefficient (Wildman–Crippen LogP) is -1.89. The van der Waals surface area contributed by atoms with Crippen LogP contribution < -0.4 is 0 Å². The lowest BCUT2D eigenvalue weighted by molar-refractivity contribution is -0.374. The standard InChI is InChI=1S/C51H80O23/c1-46(2)11-13-51(45(67)74-43-37(65)35(63)33(61)26(19-53)69-43)14-12-49(5)22(23(51)16-46)7-8-29-47(3)17-24(56)41(48(4,21-55)28(47)9-10-50(29,49)6)73-44-38(66)40(71-31(59)15-30(57)58)39(27(20-54)70-44)72-42-36(64)34(62)32(60)25(18-52)68-42/h7,23-29,32-44,52-56,60-66H,8-21H2,1-6H3,(H,57,58)/t23-,24-,25+,26+,27+,28?,29?,32+,33+,34-,35-,36+,37+,38+,39+,40+,41-,42-,43-,44-,47-,48-,49+,50+,51-/m0/s1. The molecule has 5 aliphatic carbocycles. The van der Waals surface area contributed by atoms with Crippen LogP contribution in [0.1, 0.15) is 106 Å². The molecule has 8 aliphatic rings. The molecule has 0 aromatic heterocycles. The molecular weight excluding hydrogens is 981 g/mol. The molecule has 7 fully saturated rings. The predicted molar refractivity (Wildman–Crippen MR) is 249 cm³/mol. The number of rotatable bonds is 13. The lowest BCUT2D eigenvalue weighted by Gasteiger charge is -2.72. The maximum absolute atomic E-state index is 14.7. The van der Waals surface area contributed by atoms with Crippen LogP contribution in [0.15, 0.2) is 11.6 Å². The molecule has 422 valence electrons. The third kappa shape index (κ3) is 9.37. The number of fused-ring (bicyclic) bond motifs is 7. The van der Waals surface area contributed by atoms with Crippen molar-refractivity contribution in [1.29, 1.82) is 0 Å². The molecule has 0 spiro atoms. The summed E-state index contributed by atoms with van der Waals surface area (Å²) in [5.41, 5.74) is -2.81. The smallest absolute Gasteiger partial charge is 0.317 e. The highest BCUT2D eigenvalue weighted by Crippen LogP contribution is 2.76. The number of aliphatic hydroxyl groups excluding tert-OH is 12. The van der Waals surface area contributed by atoms with E-state index in [9.17, 15) is 80.8 Å². The van der Waals surface area contributed by atoms with Gasteiger partial charge in [-0.05, 0) is 97.2 Å². The van der Waals surface area contributed by atoms with Gasteiger partial charge in [-0.1, -0.05) is 53.2 Å². The highest BCUT2D eigenvalue weighted by molar-refractivity contribution is 5.90. The van der Waals surface area contributed by atoms with Crippen molar-refractivity contribution in [2.24, 2.45) is 50.2 Å². The Morgan fingerprint density at radius 2 is 1.19 bits per heavy atom. The molecule has 74 heavy (non-hydrogen) atoms. The van der Waals surface area contributed by atoms with Gasteiger partial charge in [-0.3, -0.25) is 14.4 Å². The molecule has 0 aromatic carbocycles. The van der Waals surface area contributed by atoms with Gasteiger partial charge in [-0.15, -0.1) is 0 Å². The number of hydrogen-bond donors (Lipinski definition) is 13. The molecule has 25 atom stereocenters. The molecule has 2 unspecified atom stereocenters. The average Bonchev–Trinajstić information content (AvgIpc) is 3.34. The normalized spacial score (nSPS) is 51.0. The molecule has 4 saturated carbocycles. The largest absolute Gasteiger partial charge is 0.481 e. The maximum Gasteiger partial charge on any atom is 0.317 e. The molecule has 8 rings (SSSR count). The van der Waals surface area contributed by atoms with Crippen LogP contribution in [0.25, 0.3) is 0 Å². The first kappa shape index (κ1) is 57.6. The zero-order valence-corrected chi connectivity index (χ0v) is 42.9. The summed E-state index contributed by atoms with van der Waals surface area (Å²) in [7, 11) is 0. The number of aliphatic hydroxyl groups is 12. The zero-order valence-electron chi connectivity index (χ0n) is 42.9. The Labute approximate surface area is 429 Å². The monoisotopic (exact) mass is 1060 g/mol. The molecule has 3 saturated heterocycles. The molecule has 23 nitrogen and oxygen atoms in total. The van der Waals surface area contributed by atoms with Gasteiger partial charge >= 0.3 is 17.9 Å². The SMILES string of the molecule is CC1(C)CC[C@]2(C(=O)O[C@@H]3O[C@H](CO)[C@@H](O)[C@H](O)[C@H]3O)CC[C@]3(C)C(=CCC4[C@@]5(C)C[C@H](O)[C@H](O[C@@H]6O[C@H](CO)[C@@H](O[C@@H]7O[C@H](CO)[C@@H](O)[C@H](O)[C@H]7O)[C@H](OC(=O)CC(=O)O)[C@H]6O)[C@@](C)(CO)C5CC[C@]43C)[C@@H]2C1. The number of ether oxygens (including phenoxy) is 7. The van der Waals surface area contributed by atoms with E-state index in [1.807, 2.05) is 0 Å². The van der Waals surface area contributed by atoms with E-state index in [4.69, 9.17) is 33.2 Å². The van der Waals surface area contributed by atoms with Crippen LogP contribution in [0.4, 0.5) is 0 Å². The lowest BCUT2D eigenvalue weighted by atomic mass is 9.33. The second-order valence-corrected chi connectivity index (χ2v) is 24.5. The highest BCUT2D eigenvalue weighted by Gasteiger charge is 2.72. The van der Waals surface area contributed by atoms with Gasteiger partial charge in [0.2, 0.25) is 6.29 Å². The van der Waals surface area contributed by atoms with Crippen LogP contribution in [0.2, 0.25) is 0 Å². The topological polar surface area (TPSA) is 379 Å². The van der Waals surface area contributed by atoms with Crippen molar-refractivity contribution in [2.75, 3.05) is 26.4 Å². The van der Waals surface area contributed by atoms with Crippen molar-refractivity contribution < 1.29 is 114 Å². The quantitative estimate of drug-likeness (QED) is 0.0415. The van der Waals surface area contributed by atoms with Crippen LogP contribution in [0, 0.1) is 50.2 Å². The first-order valence-corrected chi connectivity index (χ1v) is 26.1. The summed E-state index contributed by atoms with van der Waals surface area (Å²) < 4.78 is 41.0. The van der Waals surface area contributed by atoms with Gasteiger partial charge < -0.3 is 99.5 Å². The minimum Gasteiger partial charge on any atom is -0.481 e. The first-order valence-electron chi connectivity index (χ1n) is 26.1. The third-order valence-corrected chi connectivity index (χ3v) is 19.9. The second-order valence-electron chi connectivity index (χ2n) is 24.5. The van der Waals surface area contributed by atoms with E-state index in [1.54, 1.807) is 6.92 Å². The summed E-state index contributed by atoms with van der Waals surface area (Å²) in [5, 5.41) is 139. The molecule has 3 heterocycles. The number of hydrogen-bond acceptors (Lipinski definition) is 22. The molecule has 13 N–H and O–H groups in total. The number of carbonyl (C=O) groups excluding carboxylic acids is 2. The number of aliphatic carboxylic acids is 1. The first-order chi connectivity index (χ1) is 34.6. The molecule has 0 radical (unpaired) electrons. The van der Waals surface area contributed by atoms with Crippen LogP contribution in [-0.4, -0.2) is 215 Å². The molecule has 0 amide bonds. The highest BCUT2D eigenvalue weighted by atomic mass is 16.8. The fourth-order valence-corrected chi connectivity index (χ4v) is 15.6. The van der Waals surface area contributed by atoms with E-state index in [2.05, 4.69) is 40.7 Å². The average molecular weight is 1060 g/mol. The summed E-state index contributed by atoms with van der Waals surface area (Å²) in [6.07, 6.45) is -22.7. The minimum absolute atomic E-state index is 0.0808. The van der Waals surface area contributed by atoms with E-state index < -0.39 is 182 Å². The number of carboxylic acids is 1. The fourth-order valence-electron chi connectivity index (χ4n) is 15.6. The molecule has 0 bridgehead atoms. The maximum atomic E-state index is 14.7. The van der Waals surface area contributed by atoms with Crippen LogP contribution in [-0.2, 0) is 47.5 Å². The summed E-state index contributed by atoms with van der Waals surface area (Å²) in [5.74, 6) is -4.18. The Bertz CT molecular complexity index is 2090. The summed E-state index contributed by atoms with van der Waals surface area (Å²) >= 11 is 0. The van der Waals surface area contributed by atoms with Gasteiger partial charge in [0.25, 0.3) is 0 Å². The summed E-state index contributed by atoms with van der Waals surface area (Å²) in [6.45, 7) is 9.87. The van der Waals surface area contributed by atoms with Crippen molar-refractivity contribution in [3.8, 4) is 0 Å². The number of carbonyl (C=O) groups is 3. The molecule has 0 aromatic rings. The Balaban J connectivity index is 1.06. The van der Waals surface area contributed by atoms with Crippen molar-refractivity contribution in [3.63, 3.8) is 0 Å². The van der Waals surface area contributed by atoms with Gasteiger partial charge in [-0.2, -0.15) is 0 Å². The van der Waals surface area contributed by atoms with Gasteiger partial charge in [0.15, 0.2) is 18.7 Å². The van der Waals surface area contributed by atoms with Crippen molar-refractivity contribution in [3.05, 3.63) is 11.6 Å². The van der Waals surface area contributed by atoms with Crippen molar-refractivity contribution in [2.45, 2.75) is 210 Å². The van der Waals surface area contributed by atoms with Gasteiger partial charge in [0.1, 0.15) is 73.6 Å². The second kappa shape index (κ2) is 20.9. The molecular formula is C51H80O23. The van der Waals surface area contributed by atoms with Crippen molar-refractivity contribution in [1.82, 2.24) is 0 Å². The van der Waals surface area contributed by atoms with Crippen LogP contribution in [0.3, 0.4) is 0 Å². The Kier molecular flexibility index (Phi) is 16.3. The summed E-state index contributed by atoms with van der Waals surface area (Å²) in [6, 6.07) is 0. The number of carboxylic acid groups (broad SMARTS) is 1. The van der Waals surface area contributed by atoms with Gasteiger partial charge in [0, 0.05) is 5.41 Å². The van der Waals surface area contributed by atoms with Crippen molar-refractivity contribution >= 4 is 17.9 Å². The summed E-state index contributed by atoms with van der Waals surface area (Å²) in [4.78, 5) is 39.2. The fraction of sp³-hybridized carbons (Fsp3) is 0.902. The van der Waals surface area contributed by atoms with E-state index in [-0.39, 0.29) is 29.6 Å². The van der Waals surface area contributed by atoms with Gasteiger partial charge in [0.05, 0.1) is 44.1 Å². The Morgan fingerprint density at radius 1 is 0.622 bits per heavy atom. The third-order valence-electron chi connectivity index (χ3n) is 19.9. The van der Waals surface area contributed by atoms with Crippen LogP contribution in [0.5, 0.6) is 0 Å². The molecule has 23 heteroatoms. The molecule has 3 aliphatic heterocycles. The van der Waals surface area contributed by atoms with Gasteiger partial charge in [-0.25, -0.2) is 0 Å². The Hall–Kier alpha value is -2.53. The minimum atomic E-state index is -2.04. The zero-order chi connectivity index (χ0) is 54.4. The van der Waals surface area contributed by atoms with E-state index in [1.165, 1.54) is 0 Å².